The second-order valence-electron chi connectivity index (χ2n) is 4.92. The first-order valence-electron chi connectivity index (χ1n) is 6.36. The quantitative estimate of drug-likeness (QED) is 0.933. The summed E-state index contributed by atoms with van der Waals surface area (Å²) < 4.78 is 0. The molecule has 1 amide bonds. The number of anilines is 1. The lowest BCUT2D eigenvalue weighted by Crippen LogP contribution is -2.13. The molecule has 0 saturated heterocycles. The fourth-order valence-corrected chi connectivity index (χ4v) is 2.85. The van der Waals surface area contributed by atoms with Gasteiger partial charge in [-0.3, -0.25) is 10.1 Å². The molecule has 1 aromatic heterocycles. The van der Waals surface area contributed by atoms with Crippen molar-refractivity contribution in [1.29, 1.82) is 0 Å². The van der Waals surface area contributed by atoms with Crippen molar-refractivity contribution in [1.82, 2.24) is 10.2 Å². The molecular weight excluding hydrogens is 258 g/mol. The first-order chi connectivity index (χ1) is 9.15. The molecule has 0 spiro atoms. The molecule has 4 nitrogen and oxygen atoms in total. The highest BCUT2D eigenvalue weighted by Crippen LogP contribution is 2.42. The molecule has 3 rings (SSSR count). The number of hydrogen-bond donors (Lipinski definition) is 1. The van der Waals surface area contributed by atoms with Crippen LogP contribution < -0.4 is 5.32 Å². The normalized spacial score (nSPS) is 14.4. The van der Waals surface area contributed by atoms with Crippen molar-refractivity contribution < 1.29 is 4.79 Å². The molecule has 98 valence electrons. The first-order valence-corrected chi connectivity index (χ1v) is 7.18. The largest absolute Gasteiger partial charge is 0.296 e. The van der Waals surface area contributed by atoms with Crippen molar-refractivity contribution in [3.05, 3.63) is 39.9 Å². The predicted octanol–water partition coefficient (Wildman–Crippen LogP) is 3.28. The van der Waals surface area contributed by atoms with Crippen molar-refractivity contribution in [3.63, 3.8) is 0 Å². The second kappa shape index (κ2) is 4.74. The van der Waals surface area contributed by atoms with Gasteiger partial charge in [0, 0.05) is 11.5 Å². The summed E-state index contributed by atoms with van der Waals surface area (Å²) in [6.45, 7) is 3.96. The third-order valence-electron chi connectivity index (χ3n) is 3.44. The van der Waals surface area contributed by atoms with E-state index >= 15 is 0 Å². The van der Waals surface area contributed by atoms with Crippen molar-refractivity contribution in [2.45, 2.75) is 32.6 Å². The number of rotatable bonds is 3. The number of hydrogen-bond acceptors (Lipinski definition) is 4. The van der Waals surface area contributed by atoms with Crippen LogP contribution >= 0.6 is 11.3 Å². The highest BCUT2D eigenvalue weighted by atomic mass is 32.1. The Hall–Kier alpha value is -1.75. The van der Waals surface area contributed by atoms with Crippen LogP contribution in [-0.4, -0.2) is 16.1 Å². The zero-order valence-electron chi connectivity index (χ0n) is 10.9. The van der Waals surface area contributed by atoms with E-state index in [0.29, 0.717) is 16.6 Å². The van der Waals surface area contributed by atoms with Crippen LogP contribution in [0.15, 0.2) is 18.2 Å². The number of carbonyl (C=O) groups excluding carboxylic acids is 1. The lowest BCUT2D eigenvalue weighted by molar-refractivity contribution is 0.102. The Kier molecular flexibility index (Phi) is 3.06. The van der Waals surface area contributed by atoms with Crippen LogP contribution in [0.25, 0.3) is 0 Å². The molecule has 19 heavy (non-hydrogen) atoms. The minimum Gasteiger partial charge on any atom is -0.296 e. The van der Waals surface area contributed by atoms with Gasteiger partial charge in [-0.15, -0.1) is 10.2 Å². The summed E-state index contributed by atoms with van der Waals surface area (Å²) in [6, 6.07) is 5.73. The number of carbonyl (C=O) groups is 1. The summed E-state index contributed by atoms with van der Waals surface area (Å²) >= 11 is 1.48. The average molecular weight is 273 g/mol. The molecule has 0 aliphatic heterocycles. The summed E-state index contributed by atoms with van der Waals surface area (Å²) in [5.74, 6) is 0.462. The molecular formula is C14H15N3OS. The van der Waals surface area contributed by atoms with Gasteiger partial charge >= 0.3 is 0 Å². The van der Waals surface area contributed by atoms with Crippen LogP contribution in [0.1, 0.15) is 45.3 Å². The zero-order chi connectivity index (χ0) is 13.4. The average Bonchev–Trinajstić information content (AvgIpc) is 3.14. The van der Waals surface area contributed by atoms with E-state index in [-0.39, 0.29) is 5.91 Å². The maximum Gasteiger partial charge on any atom is 0.257 e. The van der Waals surface area contributed by atoms with Crippen LogP contribution in [0.2, 0.25) is 0 Å². The lowest BCUT2D eigenvalue weighted by atomic mass is 10.0. The molecule has 1 aromatic carbocycles. The third kappa shape index (κ3) is 2.51. The van der Waals surface area contributed by atoms with E-state index in [0.717, 1.165) is 16.1 Å². The summed E-state index contributed by atoms with van der Waals surface area (Å²) in [5, 5.41) is 12.6. The van der Waals surface area contributed by atoms with Crippen molar-refractivity contribution in [3.8, 4) is 0 Å². The Morgan fingerprint density at radius 3 is 2.84 bits per heavy atom. The van der Waals surface area contributed by atoms with E-state index in [9.17, 15) is 4.79 Å². The lowest BCUT2D eigenvalue weighted by Gasteiger charge is -2.07. The summed E-state index contributed by atoms with van der Waals surface area (Å²) in [5.41, 5.74) is 2.82. The van der Waals surface area contributed by atoms with Crippen LogP contribution in [-0.2, 0) is 0 Å². The van der Waals surface area contributed by atoms with E-state index < -0.39 is 0 Å². The number of aryl methyl sites for hydroxylation is 1. The molecule has 1 saturated carbocycles. The van der Waals surface area contributed by atoms with Crippen molar-refractivity contribution in [2.75, 3.05) is 5.32 Å². The minimum atomic E-state index is -0.111. The number of nitrogens with zero attached hydrogens (tertiary/aromatic N) is 2. The molecule has 1 fully saturated rings. The van der Waals surface area contributed by atoms with Gasteiger partial charge in [0.15, 0.2) is 0 Å². The number of benzene rings is 1. The molecule has 2 aromatic rings. The smallest absolute Gasteiger partial charge is 0.257 e. The van der Waals surface area contributed by atoms with Gasteiger partial charge in [0.05, 0.1) is 0 Å². The van der Waals surface area contributed by atoms with Crippen molar-refractivity contribution in [2.24, 2.45) is 0 Å². The fraction of sp³-hybridized carbons (Fsp3) is 0.357. The SMILES string of the molecule is Cc1cccc(C(=O)Nc2nnc(C3CC3)s2)c1C. The molecule has 1 aliphatic rings. The van der Waals surface area contributed by atoms with Gasteiger partial charge in [-0.2, -0.15) is 0 Å². The highest BCUT2D eigenvalue weighted by molar-refractivity contribution is 7.15. The van der Waals surface area contributed by atoms with Gasteiger partial charge in [-0.1, -0.05) is 23.5 Å². The van der Waals surface area contributed by atoms with E-state index in [1.54, 1.807) is 0 Å². The molecule has 1 N–H and O–H groups in total. The molecule has 0 radical (unpaired) electrons. The molecule has 1 aliphatic carbocycles. The van der Waals surface area contributed by atoms with Crippen LogP contribution in [0.5, 0.6) is 0 Å². The fourth-order valence-electron chi connectivity index (χ4n) is 1.94. The number of aromatic nitrogens is 2. The Morgan fingerprint density at radius 1 is 1.32 bits per heavy atom. The Morgan fingerprint density at radius 2 is 2.11 bits per heavy atom. The summed E-state index contributed by atoms with van der Waals surface area (Å²) in [6.07, 6.45) is 2.39. The van der Waals surface area contributed by atoms with Gasteiger partial charge in [0.25, 0.3) is 5.91 Å². The van der Waals surface area contributed by atoms with Crippen LogP contribution in [0, 0.1) is 13.8 Å². The maximum absolute atomic E-state index is 12.2. The Balaban J connectivity index is 1.78. The first kappa shape index (κ1) is 12.3. The number of amides is 1. The minimum absolute atomic E-state index is 0.111. The molecule has 0 bridgehead atoms. The summed E-state index contributed by atoms with van der Waals surface area (Å²) in [4.78, 5) is 12.2. The molecule has 0 atom stereocenters. The highest BCUT2D eigenvalue weighted by Gasteiger charge is 2.27. The molecule has 5 heteroatoms. The summed E-state index contributed by atoms with van der Waals surface area (Å²) in [7, 11) is 0. The maximum atomic E-state index is 12.2. The van der Waals surface area contributed by atoms with Crippen LogP contribution in [0.4, 0.5) is 5.13 Å². The van der Waals surface area contributed by atoms with Gasteiger partial charge in [-0.25, -0.2) is 0 Å². The van der Waals surface area contributed by atoms with E-state index in [2.05, 4.69) is 15.5 Å². The van der Waals surface area contributed by atoms with E-state index in [4.69, 9.17) is 0 Å². The van der Waals surface area contributed by atoms with Gasteiger partial charge in [0.1, 0.15) is 5.01 Å². The van der Waals surface area contributed by atoms with Crippen molar-refractivity contribution >= 4 is 22.4 Å². The second-order valence-corrected chi connectivity index (χ2v) is 5.93. The van der Waals surface area contributed by atoms with E-state index in [1.807, 2.05) is 32.0 Å². The molecule has 0 unspecified atom stereocenters. The predicted molar refractivity (Wildman–Crippen MR) is 75.8 cm³/mol. The Labute approximate surface area is 115 Å². The van der Waals surface area contributed by atoms with Gasteiger partial charge < -0.3 is 0 Å². The zero-order valence-corrected chi connectivity index (χ0v) is 11.8. The van der Waals surface area contributed by atoms with E-state index in [1.165, 1.54) is 24.2 Å². The number of nitrogens with one attached hydrogen (secondary N) is 1. The van der Waals surface area contributed by atoms with Gasteiger partial charge in [-0.05, 0) is 43.9 Å². The topological polar surface area (TPSA) is 54.9 Å². The third-order valence-corrected chi connectivity index (χ3v) is 4.44. The standard InChI is InChI=1S/C14H15N3OS/c1-8-4-3-5-11(9(8)2)12(18)15-14-17-16-13(19-14)10-6-7-10/h3-5,10H,6-7H2,1-2H3,(H,15,17,18). The van der Waals surface area contributed by atoms with Gasteiger partial charge in [0.2, 0.25) is 5.13 Å². The Bertz CT molecular complexity index is 631. The monoisotopic (exact) mass is 273 g/mol. The molecule has 1 heterocycles. The van der Waals surface area contributed by atoms with Crippen LogP contribution in [0.3, 0.4) is 0 Å².